The van der Waals surface area contributed by atoms with E-state index in [1.807, 2.05) is 30.3 Å². The minimum Gasteiger partial charge on any atom is -0.449 e. The fourth-order valence-corrected chi connectivity index (χ4v) is 2.39. The van der Waals surface area contributed by atoms with Gasteiger partial charge in [0.25, 0.3) is 5.91 Å². The van der Waals surface area contributed by atoms with Crippen LogP contribution < -0.4 is 5.32 Å². The van der Waals surface area contributed by atoms with Gasteiger partial charge in [0.2, 0.25) is 0 Å². The summed E-state index contributed by atoms with van der Waals surface area (Å²) in [4.78, 5) is 36.7. The molecule has 0 spiro atoms. The normalized spacial score (nSPS) is 20.1. The summed E-state index contributed by atoms with van der Waals surface area (Å²) in [5.41, 5.74) is 0.00487. The SMILES string of the molecule is C[C@@]1(CCc2ccccc2)NC(=O)N(CC(=O)OCC#N)C1=O. The molecule has 0 aliphatic carbocycles. The van der Waals surface area contributed by atoms with E-state index in [2.05, 4.69) is 10.1 Å². The Labute approximate surface area is 133 Å². The lowest BCUT2D eigenvalue weighted by molar-refractivity contribution is -0.146. The molecule has 1 heterocycles. The standard InChI is InChI=1S/C16H17N3O4/c1-16(8-7-12-5-3-2-4-6-12)14(21)19(15(22)18-16)11-13(20)23-10-9-17/h2-6H,7-8,10-11H2,1H3,(H,18,22)/t16-/m0/s1. The number of nitrogens with one attached hydrogen (secondary N) is 1. The van der Waals surface area contributed by atoms with Gasteiger partial charge < -0.3 is 10.1 Å². The van der Waals surface area contributed by atoms with E-state index in [0.717, 1.165) is 10.5 Å². The van der Waals surface area contributed by atoms with Crippen LogP contribution in [0.4, 0.5) is 4.79 Å². The molecule has 120 valence electrons. The molecule has 1 aliphatic rings. The number of rotatable bonds is 6. The Morgan fingerprint density at radius 3 is 2.70 bits per heavy atom. The molecule has 0 aromatic heterocycles. The van der Waals surface area contributed by atoms with Crippen LogP contribution in [-0.4, -0.2) is 41.5 Å². The number of amides is 3. The van der Waals surface area contributed by atoms with Crippen LogP contribution in [0.3, 0.4) is 0 Å². The number of esters is 1. The summed E-state index contributed by atoms with van der Waals surface area (Å²) in [6, 6.07) is 10.6. The molecule has 1 saturated heterocycles. The Morgan fingerprint density at radius 2 is 2.04 bits per heavy atom. The third-order valence-electron chi connectivity index (χ3n) is 3.69. The molecule has 23 heavy (non-hydrogen) atoms. The van der Waals surface area contributed by atoms with E-state index in [9.17, 15) is 14.4 Å². The van der Waals surface area contributed by atoms with Crippen molar-refractivity contribution in [2.24, 2.45) is 0 Å². The van der Waals surface area contributed by atoms with Crippen LogP contribution in [0.2, 0.25) is 0 Å². The van der Waals surface area contributed by atoms with Gasteiger partial charge >= 0.3 is 12.0 Å². The van der Waals surface area contributed by atoms with Crippen LogP contribution in [0.15, 0.2) is 30.3 Å². The van der Waals surface area contributed by atoms with Crippen molar-refractivity contribution in [3.05, 3.63) is 35.9 Å². The highest BCUT2D eigenvalue weighted by atomic mass is 16.5. The van der Waals surface area contributed by atoms with Crippen LogP contribution in [-0.2, 0) is 20.7 Å². The molecule has 7 nitrogen and oxygen atoms in total. The molecule has 0 radical (unpaired) electrons. The lowest BCUT2D eigenvalue weighted by Gasteiger charge is -2.21. The minimum atomic E-state index is -1.05. The second kappa shape index (κ2) is 6.92. The van der Waals surface area contributed by atoms with Crippen molar-refractivity contribution in [3.63, 3.8) is 0 Å². The summed E-state index contributed by atoms with van der Waals surface area (Å²) < 4.78 is 4.57. The van der Waals surface area contributed by atoms with Gasteiger partial charge in [-0.1, -0.05) is 30.3 Å². The Kier molecular flexibility index (Phi) is 4.96. The number of benzene rings is 1. The van der Waals surface area contributed by atoms with E-state index in [-0.39, 0.29) is 0 Å². The molecule has 1 aliphatic heterocycles. The first-order valence-electron chi connectivity index (χ1n) is 7.17. The van der Waals surface area contributed by atoms with E-state index in [4.69, 9.17) is 5.26 Å². The van der Waals surface area contributed by atoms with Crippen molar-refractivity contribution < 1.29 is 19.1 Å². The number of carbonyl (C=O) groups excluding carboxylic acids is 3. The minimum absolute atomic E-state index is 0.409. The van der Waals surface area contributed by atoms with E-state index in [1.165, 1.54) is 0 Å². The van der Waals surface area contributed by atoms with Crippen LogP contribution >= 0.6 is 0 Å². The average molecular weight is 315 g/mol. The highest BCUT2D eigenvalue weighted by molar-refractivity contribution is 6.08. The number of nitrogens with zero attached hydrogens (tertiary/aromatic N) is 2. The van der Waals surface area contributed by atoms with Crippen LogP contribution in [0.5, 0.6) is 0 Å². The number of nitriles is 1. The van der Waals surface area contributed by atoms with Crippen LogP contribution in [0.1, 0.15) is 18.9 Å². The molecule has 1 atom stereocenters. The monoisotopic (exact) mass is 315 g/mol. The molecule has 1 N–H and O–H groups in total. The number of imide groups is 1. The lowest BCUT2D eigenvalue weighted by atomic mass is 9.93. The second-order valence-electron chi connectivity index (χ2n) is 5.46. The van der Waals surface area contributed by atoms with Gasteiger partial charge in [-0.25, -0.2) is 4.79 Å². The first-order valence-corrected chi connectivity index (χ1v) is 7.17. The van der Waals surface area contributed by atoms with Gasteiger partial charge in [-0.3, -0.25) is 14.5 Å². The van der Waals surface area contributed by atoms with Gasteiger partial charge in [0.15, 0.2) is 6.61 Å². The zero-order chi connectivity index (χ0) is 16.9. The van der Waals surface area contributed by atoms with Crippen molar-refractivity contribution >= 4 is 17.9 Å². The summed E-state index contributed by atoms with van der Waals surface area (Å²) >= 11 is 0. The molecule has 1 aromatic rings. The fraction of sp³-hybridized carbons (Fsp3) is 0.375. The number of carbonyl (C=O) groups is 3. The van der Waals surface area contributed by atoms with Gasteiger partial charge in [-0.2, -0.15) is 5.26 Å². The van der Waals surface area contributed by atoms with E-state index >= 15 is 0 Å². The number of aryl methyl sites for hydroxylation is 1. The molecule has 2 rings (SSSR count). The predicted octanol–water partition coefficient (Wildman–Crippen LogP) is 0.996. The third kappa shape index (κ3) is 3.86. The Morgan fingerprint density at radius 1 is 1.35 bits per heavy atom. The van der Waals surface area contributed by atoms with Crippen LogP contribution in [0, 0.1) is 11.3 Å². The Bertz CT molecular complexity index is 653. The highest BCUT2D eigenvalue weighted by Gasteiger charge is 2.48. The first kappa shape index (κ1) is 16.5. The molecular formula is C16H17N3O4. The average Bonchev–Trinajstić information content (AvgIpc) is 2.76. The highest BCUT2D eigenvalue weighted by Crippen LogP contribution is 2.23. The molecule has 1 fully saturated rings. The summed E-state index contributed by atoms with van der Waals surface area (Å²) in [6.45, 7) is 0.734. The summed E-state index contributed by atoms with van der Waals surface area (Å²) in [6.07, 6.45) is 1.04. The van der Waals surface area contributed by atoms with Gasteiger partial charge in [0, 0.05) is 0 Å². The maximum absolute atomic E-state index is 12.4. The first-order chi connectivity index (χ1) is 11.0. The molecule has 0 bridgehead atoms. The summed E-state index contributed by atoms with van der Waals surface area (Å²) in [5.74, 6) is -1.25. The molecule has 7 heteroatoms. The second-order valence-corrected chi connectivity index (χ2v) is 5.46. The van der Waals surface area contributed by atoms with Gasteiger partial charge in [-0.05, 0) is 25.3 Å². The largest absolute Gasteiger partial charge is 0.449 e. The summed E-state index contributed by atoms with van der Waals surface area (Å²) in [7, 11) is 0. The number of urea groups is 1. The van der Waals surface area contributed by atoms with Gasteiger partial charge in [-0.15, -0.1) is 0 Å². The van der Waals surface area contributed by atoms with E-state index in [1.54, 1.807) is 13.0 Å². The summed E-state index contributed by atoms with van der Waals surface area (Å²) in [5, 5.41) is 11.0. The Hall–Kier alpha value is -2.88. The maximum atomic E-state index is 12.4. The van der Waals surface area contributed by atoms with Crippen LogP contribution in [0.25, 0.3) is 0 Å². The lowest BCUT2D eigenvalue weighted by Crippen LogP contribution is -2.44. The topological polar surface area (TPSA) is 99.5 Å². The third-order valence-corrected chi connectivity index (χ3v) is 3.69. The number of hydrogen-bond donors (Lipinski definition) is 1. The van der Waals surface area contributed by atoms with Crippen molar-refractivity contribution in [2.45, 2.75) is 25.3 Å². The maximum Gasteiger partial charge on any atom is 0.327 e. The molecule has 0 unspecified atom stereocenters. The molecule has 0 saturated carbocycles. The molecular weight excluding hydrogens is 298 g/mol. The van der Waals surface area contributed by atoms with Crippen molar-refractivity contribution in [1.29, 1.82) is 5.26 Å². The zero-order valence-electron chi connectivity index (χ0n) is 12.7. The van der Waals surface area contributed by atoms with Gasteiger partial charge in [0.1, 0.15) is 18.2 Å². The number of ether oxygens (including phenoxy) is 1. The smallest absolute Gasteiger partial charge is 0.327 e. The molecule has 3 amide bonds. The Balaban J connectivity index is 1.99. The van der Waals surface area contributed by atoms with Gasteiger partial charge in [0.05, 0.1) is 0 Å². The van der Waals surface area contributed by atoms with Crippen molar-refractivity contribution in [3.8, 4) is 6.07 Å². The van der Waals surface area contributed by atoms with E-state index < -0.39 is 36.6 Å². The number of hydrogen-bond acceptors (Lipinski definition) is 5. The quantitative estimate of drug-likeness (QED) is 0.623. The van der Waals surface area contributed by atoms with Crippen molar-refractivity contribution in [1.82, 2.24) is 10.2 Å². The fourth-order valence-electron chi connectivity index (χ4n) is 2.39. The van der Waals surface area contributed by atoms with Crippen molar-refractivity contribution in [2.75, 3.05) is 13.2 Å². The predicted molar refractivity (Wildman–Crippen MR) is 80.0 cm³/mol. The van der Waals surface area contributed by atoms with E-state index in [0.29, 0.717) is 12.8 Å². The zero-order valence-corrected chi connectivity index (χ0v) is 12.7. The molecule has 1 aromatic carbocycles.